The predicted molar refractivity (Wildman–Crippen MR) is 58.4 cm³/mol. The molecule has 0 saturated carbocycles. The summed E-state index contributed by atoms with van der Waals surface area (Å²) in [7, 11) is 5.07. The third kappa shape index (κ3) is 7.02. The number of nitrogens with zero attached hydrogens (tertiary/aromatic N) is 1. The molecule has 0 heterocycles. The van der Waals surface area contributed by atoms with Crippen molar-refractivity contribution in [3.05, 3.63) is 0 Å². The highest BCUT2D eigenvalue weighted by Crippen LogP contribution is 1.87. The number of carbonyl (C=O) groups excluding carboxylic acids is 1. The molecule has 0 aliphatic heterocycles. The van der Waals surface area contributed by atoms with Gasteiger partial charge in [0.2, 0.25) is 0 Å². The molecule has 0 aromatic carbocycles. The van der Waals surface area contributed by atoms with E-state index in [4.69, 9.17) is 5.11 Å². The standard InChI is InChI=1S/C9H19N3O4/c1-12(2)5-4-10-9(15)11-6-7(16-3)8(13)14/h7H,4-6H2,1-3H3,(H,13,14)(H2,10,11,15). The molecule has 0 spiro atoms. The minimum Gasteiger partial charge on any atom is -0.479 e. The number of hydrogen-bond donors (Lipinski definition) is 3. The van der Waals surface area contributed by atoms with Crippen molar-refractivity contribution in [3.63, 3.8) is 0 Å². The van der Waals surface area contributed by atoms with Crippen LogP contribution in [0.15, 0.2) is 0 Å². The molecule has 1 unspecified atom stereocenters. The van der Waals surface area contributed by atoms with Gasteiger partial charge in [-0.05, 0) is 14.1 Å². The first-order chi connectivity index (χ1) is 7.47. The Morgan fingerprint density at radius 2 is 2.00 bits per heavy atom. The van der Waals surface area contributed by atoms with Gasteiger partial charge in [-0.25, -0.2) is 9.59 Å². The van der Waals surface area contributed by atoms with E-state index in [-0.39, 0.29) is 6.54 Å². The minimum atomic E-state index is -1.10. The molecule has 94 valence electrons. The maximum absolute atomic E-state index is 11.2. The van der Waals surface area contributed by atoms with Crippen LogP contribution in [-0.2, 0) is 9.53 Å². The van der Waals surface area contributed by atoms with Crippen LogP contribution in [0.2, 0.25) is 0 Å². The van der Waals surface area contributed by atoms with Crippen LogP contribution in [0.5, 0.6) is 0 Å². The first kappa shape index (κ1) is 14.7. The quantitative estimate of drug-likeness (QED) is 0.522. The summed E-state index contributed by atoms with van der Waals surface area (Å²) in [6.07, 6.45) is -1.01. The third-order valence-electron chi connectivity index (χ3n) is 1.85. The number of urea groups is 1. The Morgan fingerprint density at radius 3 is 2.44 bits per heavy atom. The number of rotatable bonds is 7. The van der Waals surface area contributed by atoms with Crippen LogP contribution < -0.4 is 10.6 Å². The summed E-state index contributed by atoms with van der Waals surface area (Å²) in [6, 6.07) is -0.398. The molecule has 7 heteroatoms. The predicted octanol–water partition coefficient (Wildman–Crippen LogP) is -1.05. The largest absolute Gasteiger partial charge is 0.479 e. The average molecular weight is 233 g/mol. The molecule has 0 saturated heterocycles. The molecule has 0 fully saturated rings. The Labute approximate surface area is 94.7 Å². The minimum absolute atomic E-state index is 0.0559. The van der Waals surface area contributed by atoms with Gasteiger partial charge in [-0.1, -0.05) is 0 Å². The summed E-state index contributed by atoms with van der Waals surface area (Å²) in [5, 5.41) is 13.6. The number of carboxylic acid groups (broad SMARTS) is 1. The normalized spacial score (nSPS) is 12.2. The number of ether oxygens (including phenoxy) is 1. The molecule has 16 heavy (non-hydrogen) atoms. The van der Waals surface area contributed by atoms with Crippen LogP contribution in [0.3, 0.4) is 0 Å². The second-order valence-corrected chi connectivity index (χ2v) is 3.50. The zero-order valence-corrected chi connectivity index (χ0v) is 9.82. The number of hydrogen-bond acceptors (Lipinski definition) is 4. The van der Waals surface area contributed by atoms with Crippen LogP contribution in [-0.4, -0.2) is 69.0 Å². The first-order valence-corrected chi connectivity index (χ1v) is 4.89. The second kappa shape index (κ2) is 7.89. The fraction of sp³-hybridized carbons (Fsp3) is 0.778. The van der Waals surface area contributed by atoms with Crippen molar-refractivity contribution in [2.24, 2.45) is 0 Å². The average Bonchev–Trinajstić information content (AvgIpc) is 2.17. The summed E-state index contributed by atoms with van der Waals surface area (Å²) in [5.41, 5.74) is 0. The first-order valence-electron chi connectivity index (χ1n) is 4.89. The van der Waals surface area contributed by atoms with E-state index in [1.165, 1.54) is 7.11 Å². The molecule has 0 bridgehead atoms. The molecule has 0 aliphatic carbocycles. The van der Waals surface area contributed by atoms with Gasteiger partial charge in [0.05, 0.1) is 6.54 Å². The molecule has 0 aromatic rings. The van der Waals surface area contributed by atoms with Gasteiger partial charge in [-0.3, -0.25) is 0 Å². The number of likely N-dealkylation sites (N-methyl/N-ethyl adjacent to an activating group) is 1. The van der Waals surface area contributed by atoms with Gasteiger partial charge in [-0.15, -0.1) is 0 Å². The van der Waals surface area contributed by atoms with Gasteiger partial charge in [-0.2, -0.15) is 0 Å². The molecular formula is C9H19N3O4. The van der Waals surface area contributed by atoms with E-state index in [0.29, 0.717) is 6.54 Å². The molecule has 0 aliphatic rings. The van der Waals surface area contributed by atoms with Crippen molar-refractivity contribution in [2.45, 2.75) is 6.10 Å². The molecule has 2 amide bonds. The third-order valence-corrected chi connectivity index (χ3v) is 1.85. The van der Waals surface area contributed by atoms with E-state index in [2.05, 4.69) is 15.4 Å². The maximum Gasteiger partial charge on any atom is 0.334 e. The highest BCUT2D eigenvalue weighted by molar-refractivity contribution is 5.76. The van der Waals surface area contributed by atoms with Crippen LogP contribution >= 0.6 is 0 Å². The Bertz CT molecular complexity index is 233. The number of nitrogens with one attached hydrogen (secondary N) is 2. The highest BCUT2D eigenvalue weighted by atomic mass is 16.5. The Morgan fingerprint density at radius 1 is 1.38 bits per heavy atom. The number of carbonyl (C=O) groups is 2. The van der Waals surface area contributed by atoms with Crippen molar-refractivity contribution in [1.29, 1.82) is 0 Å². The lowest BCUT2D eigenvalue weighted by molar-refractivity contribution is -0.147. The SMILES string of the molecule is COC(CNC(=O)NCCN(C)C)C(=O)O. The lowest BCUT2D eigenvalue weighted by Gasteiger charge is -2.13. The van der Waals surface area contributed by atoms with Crippen LogP contribution in [0.1, 0.15) is 0 Å². The molecule has 0 aromatic heterocycles. The molecule has 3 N–H and O–H groups in total. The van der Waals surface area contributed by atoms with Crippen LogP contribution in [0.4, 0.5) is 4.79 Å². The lowest BCUT2D eigenvalue weighted by Crippen LogP contribution is -2.44. The second-order valence-electron chi connectivity index (χ2n) is 3.50. The monoisotopic (exact) mass is 233 g/mol. The molecule has 7 nitrogen and oxygen atoms in total. The molecule has 0 rings (SSSR count). The van der Waals surface area contributed by atoms with Crippen molar-refractivity contribution in [1.82, 2.24) is 15.5 Å². The molecule has 0 radical (unpaired) electrons. The zero-order chi connectivity index (χ0) is 12.6. The number of carboxylic acids is 1. The summed E-state index contributed by atoms with van der Waals surface area (Å²) >= 11 is 0. The lowest BCUT2D eigenvalue weighted by atomic mass is 10.3. The summed E-state index contributed by atoms with van der Waals surface area (Å²) in [5.74, 6) is -1.10. The fourth-order valence-corrected chi connectivity index (χ4v) is 0.912. The topological polar surface area (TPSA) is 90.9 Å². The van der Waals surface area contributed by atoms with E-state index < -0.39 is 18.1 Å². The van der Waals surface area contributed by atoms with Gasteiger partial charge in [0.25, 0.3) is 0 Å². The van der Waals surface area contributed by atoms with E-state index in [9.17, 15) is 9.59 Å². The van der Waals surface area contributed by atoms with Crippen molar-refractivity contribution >= 4 is 12.0 Å². The molecule has 1 atom stereocenters. The van der Waals surface area contributed by atoms with Gasteiger partial charge in [0.15, 0.2) is 6.10 Å². The van der Waals surface area contributed by atoms with Gasteiger partial charge in [0, 0.05) is 20.2 Å². The van der Waals surface area contributed by atoms with E-state index in [0.717, 1.165) is 6.54 Å². The van der Waals surface area contributed by atoms with E-state index in [1.54, 1.807) is 0 Å². The Kier molecular flexibility index (Phi) is 7.23. The van der Waals surface area contributed by atoms with Crippen LogP contribution in [0, 0.1) is 0 Å². The van der Waals surface area contributed by atoms with E-state index >= 15 is 0 Å². The number of amides is 2. The smallest absolute Gasteiger partial charge is 0.334 e. The van der Waals surface area contributed by atoms with Gasteiger partial charge >= 0.3 is 12.0 Å². The van der Waals surface area contributed by atoms with Crippen molar-refractivity contribution in [3.8, 4) is 0 Å². The zero-order valence-electron chi connectivity index (χ0n) is 9.82. The highest BCUT2D eigenvalue weighted by Gasteiger charge is 2.16. The van der Waals surface area contributed by atoms with Gasteiger partial charge in [0.1, 0.15) is 0 Å². The summed E-state index contributed by atoms with van der Waals surface area (Å²) in [6.45, 7) is 1.17. The van der Waals surface area contributed by atoms with E-state index in [1.807, 2.05) is 19.0 Å². The number of methoxy groups -OCH3 is 1. The Hall–Kier alpha value is -1.34. The van der Waals surface area contributed by atoms with Crippen molar-refractivity contribution < 1.29 is 19.4 Å². The summed E-state index contributed by atoms with van der Waals surface area (Å²) in [4.78, 5) is 23.6. The van der Waals surface area contributed by atoms with Crippen LogP contribution in [0.25, 0.3) is 0 Å². The maximum atomic E-state index is 11.2. The molecular weight excluding hydrogens is 214 g/mol. The van der Waals surface area contributed by atoms with Gasteiger partial charge < -0.3 is 25.4 Å². The summed E-state index contributed by atoms with van der Waals surface area (Å²) < 4.78 is 4.65. The fourth-order valence-electron chi connectivity index (χ4n) is 0.912. The van der Waals surface area contributed by atoms with Crippen molar-refractivity contribution in [2.75, 3.05) is 40.8 Å². The number of aliphatic carboxylic acids is 1. The Balaban J connectivity index is 3.67.